The first kappa shape index (κ1) is 11.7. The minimum absolute atomic E-state index is 0.00203. The Hall–Kier alpha value is -1.75. The molecule has 0 aliphatic rings. The quantitative estimate of drug-likeness (QED) is 0.637. The molecule has 0 unspecified atom stereocenters. The number of rotatable bonds is 3. The molecule has 3 N–H and O–H groups in total. The average Bonchev–Trinajstić information content (AvgIpc) is 2.34. The fraction of sp³-hybridized carbons (Fsp3) is 0.250. The van der Waals surface area contributed by atoms with Crippen LogP contribution in [-0.4, -0.2) is 4.98 Å². The van der Waals surface area contributed by atoms with E-state index in [1.807, 2.05) is 6.92 Å². The Bertz CT molecular complexity index is 555. The van der Waals surface area contributed by atoms with Crippen LogP contribution in [0.25, 0.3) is 10.9 Å². The molecule has 0 fully saturated rings. The van der Waals surface area contributed by atoms with Crippen molar-refractivity contribution in [2.45, 2.75) is 19.8 Å². The van der Waals surface area contributed by atoms with Crippen LogP contribution in [0, 0.1) is 11.6 Å². The molecule has 90 valence electrons. The number of aryl methyl sites for hydroxylation is 1. The first-order valence-corrected chi connectivity index (χ1v) is 5.41. The van der Waals surface area contributed by atoms with Gasteiger partial charge in [-0.3, -0.25) is 0 Å². The van der Waals surface area contributed by atoms with Gasteiger partial charge in [-0.05, 0) is 30.2 Å². The summed E-state index contributed by atoms with van der Waals surface area (Å²) in [5.41, 5.74) is 3.31. The highest BCUT2D eigenvalue weighted by Crippen LogP contribution is 2.24. The van der Waals surface area contributed by atoms with Crippen molar-refractivity contribution in [3.05, 3.63) is 35.4 Å². The zero-order chi connectivity index (χ0) is 12.4. The van der Waals surface area contributed by atoms with E-state index >= 15 is 0 Å². The highest BCUT2D eigenvalue weighted by atomic mass is 19.2. The van der Waals surface area contributed by atoms with E-state index in [0.29, 0.717) is 11.2 Å². The van der Waals surface area contributed by atoms with E-state index in [1.165, 1.54) is 6.07 Å². The highest BCUT2D eigenvalue weighted by Gasteiger charge is 2.12. The summed E-state index contributed by atoms with van der Waals surface area (Å²) in [5.74, 6) is 3.87. The molecule has 3 nitrogen and oxygen atoms in total. The molecule has 0 radical (unpaired) electrons. The number of hydrogen-bond acceptors (Lipinski definition) is 3. The lowest BCUT2D eigenvalue weighted by molar-refractivity contribution is 0.515. The number of hydrogen-bond donors (Lipinski definition) is 2. The summed E-state index contributed by atoms with van der Waals surface area (Å²) in [6, 6.07) is 4.40. The number of halogens is 2. The van der Waals surface area contributed by atoms with Gasteiger partial charge in [0.15, 0.2) is 11.6 Å². The number of pyridine rings is 1. The number of benzene rings is 1. The molecular weight excluding hydrogens is 224 g/mol. The lowest BCUT2D eigenvalue weighted by Gasteiger charge is -2.09. The monoisotopic (exact) mass is 237 g/mol. The van der Waals surface area contributed by atoms with Gasteiger partial charge in [-0.2, -0.15) is 0 Å². The Labute approximate surface area is 97.6 Å². The minimum atomic E-state index is -0.943. The lowest BCUT2D eigenvalue weighted by Crippen LogP contribution is -2.11. The van der Waals surface area contributed by atoms with Crippen molar-refractivity contribution < 1.29 is 8.78 Å². The molecule has 1 aromatic carbocycles. The SMILES string of the molecule is CCCc1cc2ccc(F)c(F)c2nc1NN. The Balaban J connectivity index is 2.69. The van der Waals surface area contributed by atoms with Gasteiger partial charge in [-0.1, -0.05) is 13.3 Å². The van der Waals surface area contributed by atoms with Gasteiger partial charge < -0.3 is 5.43 Å². The van der Waals surface area contributed by atoms with Gasteiger partial charge in [0.2, 0.25) is 0 Å². The van der Waals surface area contributed by atoms with Crippen molar-refractivity contribution >= 4 is 16.7 Å². The maximum absolute atomic E-state index is 13.5. The minimum Gasteiger partial charge on any atom is -0.308 e. The van der Waals surface area contributed by atoms with Gasteiger partial charge in [0.05, 0.1) is 0 Å². The molecule has 0 spiro atoms. The molecular formula is C12H13F2N3. The Morgan fingerprint density at radius 2 is 2.12 bits per heavy atom. The maximum atomic E-state index is 13.5. The van der Waals surface area contributed by atoms with Crippen LogP contribution in [0.2, 0.25) is 0 Å². The number of aromatic nitrogens is 1. The van der Waals surface area contributed by atoms with Crippen molar-refractivity contribution in [2.24, 2.45) is 5.84 Å². The van der Waals surface area contributed by atoms with E-state index < -0.39 is 11.6 Å². The van der Waals surface area contributed by atoms with Crippen LogP contribution in [-0.2, 0) is 6.42 Å². The molecule has 0 saturated carbocycles. The summed E-state index contributed by atoms with van der Waals surface area (Å²) < 4.78 is 26.6. The van der Waals surface area contributed by atoms with Gasteiger partial charge in [-0.15, -0.1) is 0 Å². The van der Waals surface area contributed by atoms with Crippen LogP contribution in [0.15, 0.2) is 18.2 Å². The summed E-state index contributed by atoms with van der Waals surface area (Å²) in [6.45, 7) is 2.02. The van der Waals surface area contributed by atoms with Crippen molar-refractivity contribution in [1.82, 2.24) is 4.98 Å². The molecule has 1 aromatic heterocycles. The first-order valence-electron chi connectivity index (χ1n) is 5.41. The third-order valence-corrected chi connectivity index (χ3v) is 2.61. The normalized spacial score (nSPS) is 10.8. The van der Waals surface area contributed by atoms with Gasteiger partial charge in [0.1, 0.15) is 11.3 Å². The second-order valence-corrected chi connectivity index (χ2v) is 3.82. The molecule has 5 heteroatoms. The van der Waals surface area contributed by atoms with E-state index in [9.17, 15) is 8.78 Å². The fourth-order valence-corrected chi connectivity index (χ4v) is 1.81. The summed E-state index contributed by atoms with van der Waals surface area (Å²) in [7, 11) is 0. The summed E-state index contributed by atoms with van der Waals surface area (Å²) in [4.78, 5) is 4.02. The molecule has 0 aliphatic heterocycles. The number of hydrazine groups is 1. The van der Waals surface area contributed by atoms with Gasteiger partial charge in [-0.25, -0.2) is 19.6 Å². The van der Waals surface area contributed by atoms with Crippen LogP contribution in [0.5, 0.6) is 0 Å². The van der Waals surface area contributed by atoms with Crippen molar-refractivity contribution in [2.75, 3.05) is 5.43 Å². The van der Waals surface area contributed by atoms with Crippen LogP contribution >= 0.6 is 0 Å². The molecule has 0 saturated heterocycles. The van der Waals surface area contributed by atoms with Crippen LogP contribution in [0.1, 0.15) is 18.9 Å². The summed E-state index contributed by atoms with van der Waals surface area (Å²) >= 11 is 0. The highest BCUT2D eigenvalue weighted by molar-refractivity contribution is 5.82. The van der Waals surface area contributed by atoms with Gasteiger partial charge in [0.25, 0.3) is 0 Å². The standard InChI is InChI=1S/C12H13F2N3/c1-2-3-8-6-7-4-5-9(13)10(14)11(7)16-12(8)17-15/h4-6H,2-3,15H2,1H3,(H,16,17). The predicted molar refractivity (Wildman–Crippen MR) is 63.5 cm³/mol. The van der Waals surface area contributed by atoms with Crippen molar-refractivity contribution in [3.8, 4) is 0 Å². The first-order chi connectivity index (χ1) is 8.17. The number of nitrogens with two attached hydrogens (primary N) is 1. The summed E-state index contributed by atoms with van der Waals surface area (Å²) in [5, 5.41) is 0.575. The number of fused-ring (bicyclic) bond motifs is 1. The van der Waals surface area contributed by atoms with Gasteiger partial charge in [0, 0.05) is 5.39 Å². The zero-order valence-electron chi connectivity index (χ0n) is 9.43. The molecule has 17 heavy (non-hydrogen) atoms. The number of nitrogens with one attached hydrogen (secondary N) is 1. The average molecular weight is 237 g/mol. The van der Waals surface area contributed by atoms with Crippen molar-refractivity contribution in [1.29, 1.82) is 0 Å². The second kappa shape index (κ2) is 4.63. The molecule has 0 bridgehead atoms. The second-order valence-electron chi connectivity index (χ2n) is 3.82. The zero-order valence-corrected chi connectivity index (χ0v) is 9.43. The van der Waals surface area contributed by atoms with E-state index in [2.05, 4.69) is 10.4 Å². The van der Waals surface area contributed by atoms with E-state index in [4.69, 9.17) is 5.84 Å². The summed E-state index contributed by atoms with van der Waals surface area (Å²) in [6.07, 6.45) is 1.70. The fourth-order valence-electron chi connectivity index (χ4n) is 1.81. The molecule has 0 atom stereocenters. The van der Waals surface area contributed by atoms with E-state index in [0.717, 1.165) is 24.5 Å². The molecule has 0 aliphatic carbocycles. The third-order valence-electron chi connectivity index (χ3n) is 2.61. The maximum Gasteiger partial charge on any atom is 0.185 e. The van der Waals surface area contributed by atoms with E-state index in [-0.39, 0.29) is 5.52 Å². The van der Waals surface area contributed by atoms with Crippen LogP contribution < -0.4 is 11.3 Å². The van der Waals surface area contributed by atoms with Gasteiger partial charge >= 0.3 is 0 Å². The third kappa shape index (κ3) is 2.06. The van der Waals surface area contributed by atoms with Crippen molar-refractivity contribution in [3.63, 3.8) is 0 Å². The Kier molecular flexibility index (Phi) is 3.19. The molecule has 1 heterocycles. The predicted octanol–water partition coefficient (Wildman–Crippen LogP) is 2.75. The lowest BCUT2D eigenvalue weighted by atomic mass is 10.1. The number of nitrogens with zero attached hydrogens (tertiary/aromatic N) is 1. The van der Waals surface area contributed by atoms with Crippen LogP contribution in [0.4, 0.5) is 14.6 Å². The molecule has 2 rings (SSSR count). The topological polar surface area (TPSA) is 50.9 Å². The Morgan fingerprint density at radius 3 is 2.76 bits per heavy atom. The smallest absolute Gasteiger partial charge is 0.185 e. The molecule has 0 amide bonds. The largest absolute Gasteiger partial charge is 0.308 e. The van der Waals surface area contributed by atoms with E-state index in [1.54, 1.807) is 6.07 Å². The number of anilines is 1. The van der Waals surface area contributed by atoms with Crippen LogP contribution in [0.3, 0.4) is 0 Å². The number of nitrogen functional groups attached to an aromatic ring is 1. The Morgan fingerprint density at radius 1 is 1.35 bits per heavy atom. The molecule has 2 aromatic rings.